The molecule has 96 valence electrons. The fourth-order valence-electron chi connectivity index (χ4n) is 2.66. The summed E-state index contributed by atoms with van der Waals surface area (Å²) >= 11 is 0. The second-order valence-corrected chi connectivity index (χ2v) is 4.69. The van der Waals surface area contributed by atoms with E-state index in [2.05, 4.69) is 5.16 Å². The summed E-state index contributed by atoms with van der Waals surface area (Å²) in [5.74, 6) is -0.670. The van der Waals surface area contributed by atoms with E-state index in [1.807, 2.05) is 4.90 Å². The molecule has 3 atom stereocenters. The van der Waals surface area contributed by atoms with Crippen molar-refractivity contribution in [2.75, 3.05) is 13.2 Å². The molecule has 0 aromatic heterocycles. The molecule has 1 saturated carbocycles. The normalized spacial score (nSPS) is 31.1. The van der Waals surface area contributed by atoms with Gasteiger partial charge >= 0.3 is 0 Å². The number of nitrogens with two attached hydrogens (primary N) is 1. The molecule has 1 aliphatic heterocycles. The molecule has 2 aliphatic rings. The van der Waals surface area contributed by atoms with Crippen molar-refractivity contribution in [1.82, 2.24) is 4.90 Å². The zero-order valence-electron chi connectivity index (χ0n) is 10.0. The lowest BCUT2D eigenvalue weighted by Gasteiger charge is -2.38. The Morgan fingerprint density at radius 3 is 3.06 bits per heavy atom. The Kier molecular flexibility index (Phi) is 3.51. The lowest BCUT2D eigenvalue weighted by Crippen LogP contribution is -2.54. The molecule has 0 bridgehead atoms. The second kappa shape index (κ2) is 4.91. The van der Waals surface area contributed by atoms with Gasteiger partial charge in [0.2, 0.25) is 5.91 Å². The molecule has 3 N–H and O–H groups in total. The van der Waals surface area contributed by atoms with Gasteiger partial charge in [0.1, 0.15) is 0 Å². The summed E-state index contributed by atoms with van der Waals surface area (Å²) in [6, 6.07) is 0.171. The molecular weight excluding hydrogens is 222 g/mol. The number of hydrogen-bond acceptors (Lipinski definition) is 4. The SMILES string of the molecule is CC(C(=O)N1CCOC2CCCC21)C(N)=NO. The van der Waals surface area contributed by atoms with Crippen LogP contribution in [0.1, 0.15) is 26.2 Å². The van der Waals surface area contributed by atoms with E-state index >= 15 is 0 Å². The molecule has 1 aliphatic carbocycles. The minimum Gasteiger partial charge on any atom is -0.409 e. The number of carbonyl (C=O) groups excluding carboxylic acids is 1. The van der Waals surface area contributed by atoms with E-state index in [1.165, 1.54) is 0 Å². The lowest BCUT2D eigenvalue weighted by atomic mass is 10.1. The molecule has 6 heteroatoms. The fraction of sp³-hybridized carbons (Fsp3) is 0.818. The predicted octanol–water partition coefficient (Wildman–Crippen LogP) is 0.149. The quantitative estimate of drug-likeness (QED) is 0.312. The van der Waals surface area contributed by atoms with Gasteiger partial charge < -0.3 is 20.6 Å². The second-order valence-electron chi connectivity index (χ2n) is 4.69. The number of amidine groups is 1. The van der Waals surface area contributed by atoms with Gasteiger partial charge in [0.25, 0.3) is 0 Å². The van der Waals surface area contributed by atoms with Crippen molar-refractivity contribution in [2.24, 2.45) is 16.8 Å². The van der Waals surface area contributed by atoms with Crippen molar-refractivity contribution in [3.05, 3.63) is 0 Å². The van der Waals surface area contributed by atoms with Crippen LogP contribution in [-0.4, -0.2) is 47.1 Å². The highest BCUT2D eigenvalue weighted by Crippen LogP contribution is 2.30. The molecule has 2 rings (SSSR count). The number of rotatable bonds is 2. The summed E-state index contributed by atoms with van der Waals surface area (Å²) < 4.78 is 5.64. The highest BCUT2D eigenvalue weighted by atomic mass is 16.5. The smallest absolute Gasteiger partial charge is 0.233 e. The van der Waals surface area contributed by atoms with Gasteiger partial charge in [-0.25, -0.2) is 0 Å². The zero-order valence-corrected chi connectivity index (χ0v) is 10.0. The number of hydrogen-bond donors (Lipinski definition) is 2. The minimum absolute atomic E-state index is 0.0314. The molecule has 0 radical (unpaired) electrons. The first-order valence-electron chi connectivity index (χ1n) is 6.04. The van der Waals surface area contributed by atoms with E-state index in [-0.39, 0.29) is 23.9 Å². The summed E-state index contributed by atoms with van der Waals surface area (Å²) in [4.78, 5) is 14.1. The van der Waals surface area contributed by atoms with Gasteiger partial charge in [-0.3, -0.25) is 4.79 Å². The van der Waals surface area contributed by atoms with Crippen LogP contribution in [0.2, 0.25) is 0 Å². The van der Waals surface area contributed by atoms with E-state index in [0.29, 0.717) is 13.2 Å². The standard InChI is InChI=1S/C11H19N3O3/c1-7(10(12)13-16)11(15)14-5-6-17-9-4-2-3-8(9)14/h7-9,16H,2-6H2,1H3,(H2,12,13). The van der Waals surface area contributed by atoms with E-state index < -0.39 is 5.92 Å². The maximum atomic E-state index is 12.2. The zero-order chi connectivity index (χ0) is 12.4. The van der Waals surface area contributed by atoms with Crippen molar-refractivity contribution in [2.45, 2.75) is 38.3 Å². The van der Waals surface area contributed by atoms with Crippen LogP contribution in [-0.2, 0) is 9.53 Å². The van der Waals surface area contributed by atoms with Gasteiger partial charge in [-0.05, 0) is 26.2 Å². The first-order chi connectivity index (χ1) is 8.15. The fourth-order valence-corrected chi connectivity index (χ4v) is 2.66. The Morgan fingerprint density at radius 2 is 2.35 bits per heavy atom. The van der Waals surface area contributed by atoms with Crippen molar-refractivity contribution in [3.63, 3.8) is 0 Å². The molecule has 6 nitrogen and oxygen atoms in total. The molecule has 1 amide bonds. The Hall–Kier alpha value is -1.30. The number of morpholine rings is 1. The Bertz CT molecular complexity index is 332. The van der Waals surface area contributed by atoms with Crippen LogP contribution in [0.3, 0.4) is 0 Å². The van der Waals surface area contributed by atoms with E-state index in [4.69, 9.17) is 15.7 Å². The average molecular weight is 241 g/mol. The molecule has 1 saturated heterocycles. The molecule has 0 spiro atoms. The van der Waals surface area contributed by atoms with Crippen LogP contribution < -0.4 is 5.73 Å². The summed E-state index contributed by atoms with van der Waals surface area (Å²) in [7, 11) is 0. The van der Waals surface area contributed by atoms with Crippen molar-refractivity contribution in [3.8, 4) is 0 Å². The van der Waals surface area contributed by atoms with Crippen LogP contribution in [0.4, 0.5) is 0 Å². The number of oxime groups is 1. The van der Waals surface area contributed by atoms with Gasteiger partial charge in [-0.15, -0.1) is 0 Å². The van der Waals surface area contributed by atoms with Gasteiger partial charge in [-0.1, -0.05) is 5.16 Å². The van der Waals surface area contributed by atoms with Gasteiger partial charge in [0, 0.05) is 6.54 Å². The van der Waals surface area contributed by atoms with Crippen LogP contribution in [0, 0.1) is 5.92 Å². The summed E-state index contributed by atoms with van der Waals surface area (Å²) in [5, 5.41) is 11.5. The van der Waals surface area contributed by atoms with E-state index in [1.54, 1.807) is 6.92 Å². The maximum absolute atomic E-state index is 12.2. The Balaban J connectivity index is 2.08. The molecule has 3 unspecified atom stereocenters. The topological polar surface area (TPSA) is 88.2 Å². The first kappa shape index (κ1) is 12.2. The highest BCUT2D eigenvalue weighted by molar-refractivity contribution is 6.01. The summed E-state index contributed by atoms with van der Waals surface area (Å²) in [6.45, 7) is 2.84. The number of fused-ring (bicyclic) bond motifs is 1. The van der Waals surface area contributed by atoms with Gasteiger partial charge in [-0.2, -0.15) is 0 Å². The molecule has 1 heterocycles. The average Bonchev–Trinajstić information content (AvgIpc) is 2.83. The number of nitrogens with zero attached hydrogens (tertiary/aromatic N) is 2. The third-order valence-electron chi connectivity index (χ3n) is 3.69. The van der Waals surface area contributed by atoms with Crippen LogP contribution in [0.25, 0.3) is 0 Å². The van der Waals surface area contributed by atoms with E-state index in [9.17, 15) is 4.79 Å². The van der Waals surface area contributed by atoms with Crippen molar-refractivity contribution >= 4 is 11.7 Å². The first-order valence-corrected chi connectivity index (χ1v) is 6.04. The molecule has 0 aromatic rings. The lowest BCUT2D eigenvalue weighted by molar-refractivity contribution is -0.145. The monoisotopic (exact) mass is 241 g/mol. The number of ether oxygens (including phenoxy) is 1. The number of amides is 1. The van der Waals surface area contributed by atoms with Gasteiger partial charge in [0.05, 0.1) is 24.7 Å². The van der Waals surface area contributed by atoms with E-state index in [0.717, 1.165) is 19.3 Å². The third kappa shape index (κ3) is 2.22. The highest BCUT2D eigenvalue weighted by Gasteiger charge is 2.40. The van der Waals surface area contributed by atoms with Gasteiger partial charge in [0.15, 0.2) is 5.84 Å². The summed E-state index contributed by atoms with van der Waals surface area (Å²) in [5.41, 5.74) is 5.48. The Morgan fingerprint density at radius 1 is 1.59 bits per heavy atom. The number of carbonyl (C=O) groups is 1. The predicted molar refractivity (Wildman–Crippen MR) is 61.7 cm³/mol. The molecule has 0 aromatic carbocycles. The van der Waals surface area contributed by atoms with Crippen LogP contribution in [0.15, 0.2) is 5.16 Å². The Labute approximate surface area is 100 Å². The molecule has 17 heavy (non-hydrogen) atoms. The summed E-state index contributed by atoms with van der Waals surface area (Å²) in [6.07, 6.45) is 3.27. The molecular formula is C11H19N3O3. The van der Waals surface area contributed by atoms with Crippen molar-refractivity contribution in [1.29, 1.82) is 0 Å². The van der Waals surface area contributed by atoms with Crippen LogP contribution in [0.5, 0.6) is 0 Å². The maximum Gasteiger partial charge on any atom is 0.233 e. The minimum atomic E-state index is -0.570. The third-order valence-corrected chi connectivity index (χ3v) is 3.69. The molecule has 2 fully saturated rings. The van der Waals surface area contributed by atoms with Crippen LogP contribution >= 0.6 is 0 Å². The van der Waals surface area contributed by atoms with Crippen molar-refractivity contribution < 1.29 is 14.7 Å². The largest absolute Gasteiger partial charge is 0.409 e.